The lowest BCUT2D eigenvalue weighted by Gasteiger charge is -2.01. The molecule has 1 aromatic rings. The Kier molecular flexibility index (Phi) is 3.66. The fraction of sp³-hybridized carbons (Fsp3) is 0.250. The zero-order chi connectivity index (χ0) is 9.84. The molecule has 0 radical (unpaired) electrons. The lowest BCUT2D eigenvalue weighted by Crippen LogP contribution is -2.09. The first-order chi connectivity index (χ1) is 6.15. The molecule has 0 aliphatic heterocycles. The maximum absolute atomic E-state index is 11.3. The fourth-order valence-corrected chi connectivity index (χ4v) is 1.30. The highest BCUT2D eigenvalue weighted by Gasteiger charge is 2.11. The molecule has 0 spiro atoms. The summed E-state index contributed by atoms with van der Waals surface area (Å²) in [6.07, 6.45) is 1.37. The molecule has 0 aliphatic carbocycles. The summed E-state index contributed by atoms with van der Waals surface area (Å²) in [6, 6.07) is 1.47. The minimum atomic E-state index is -0.260. The molecule has 0 N–H and O–H groups in total. The Labute approximate surface area is 85.6 Å². The van der Waals surface area contributed by atoms with E-state index in [9.17, 15) is 4.79 Å². The molecule has 1 rings (SSSR count). The van der Waals surface area contributed by atoms with Crippen LogP contribution in [0.3, 0.4) is 0 Å². The normalized spacial score (nSPS) is 10.1. The number of nitrogens with zero attached hydrogens (tertiary/aromatic N) is 1. The van der Waals surface area contributed by atoms with E-state index in [-0.39, 0.29) is 23.1 Å². The van der Waals surface area contributed by atoms with Crippen LogP contribution in [-0.2, 0) is 4.74 Å². The molecule has 5 heteroatoms. The van der Waals surface area contributed by atoms with Crippen LogP contribution in [0, 0.1) is 0 Å². The van der Waals surface area contributed by atoms with Gasteiger partial charge in [0, 0.05) is 13.3 Å². The zero-order valence-corrected chi connectivity index (χ0v) is 8.39. The Morgan fingerprint density at radius 1 is 1.62 bits per heavy atom. The molecule has 0 aliphatic rings. The van der Waals surface area contributed by atoms with Gasteiger partial charge in [-0.05, 0) is 6.07 Å². The van der Waals surface area contributed by atoms with E-state index in [0.717, 1.165) is 0 Å². The maximum atomic E-state index is 11.3. The number of aromatic nitrogens is 1. The van der Waals surface area contributed by atoms with Crippen LogP contribution in [-0.4, -0.2) is 24.5 Å². The Balaban J connectivity index is 2.95. The fourth-order valence-electron chi connectivity index (χ4n) is 0.819. The minimum absolute atomic E-state index is 0.0334. The summed E-state index contributed by atoms with van der Waals surface area (Å²) in [5.74, 6) is -0.260. The average Bonchev–Trinajstić information content (AvgIpc) is 2.04. The Morgan fingerprint density at radius 2 is 2.31 bits per heavy atom. The first-order valence-electron chi connectivity index (χ1n) is 3.48. The van der Waals surface area contributed by atoms with Crippen LogP contribution in [0.4, 0.5) is 0 Å². The largest absolute Gasteiger partial charge is 0.376 e. The van der Waals surface area contributed by atoms with E-state index in [1.54, 1.807) is 0 Å². The van der Waals surface area contributed by atoms with Crippen molar-refractivity contribution in [3.8, 4) is 0 Å². The third-order valence-electron chi connectivity index (χ3n) is 1.35. The highest BCUT2D eigenvalue weighted by Crippen LogP contribution is 2.18. The number of rotatable bonds is 3. The summed E-state index contributed by atoms with van der Waals surface area (Å²) < 4.78 is 4.66. The lowest BCUT2D eigenvalue weighted by molar-refractivity contribution is 0.0843. The molecule has 0 unspecified atom stereocenters. The Bertz CT molecular complexity index is 328. The van der Waals surface area contributed by atoms with Crippen molar-refractivity contribution in [1.29, 1.82) is 0 Å². The van der Waals surface area contributed by atoms with Crippen LogP contribution in [0.15, 0.2) is 12.3 Å². The van der Waals surface area contributed by atoms with E-state index >= 15 is 0 Å². The SMILES string of the molecule is COCC(=O)c1ncc(Cl)cc1Cl. The molecular weight excluding hydrogens is 213 g/mol. The van der Waals surface area contributed by atoms with E-state index in [0.29, 0.717) is 5.02 Å². The summed E-state index contributed by atoms with van der Waals surface area (Å²) >= 11 is 11.3. The molecule has 0 saturated carbocycles. The van der Waals surface area contributed by atoms with Crippen LogP contribution < -0.4 is 0 Å². The number of ketones is 1. The summed E-state index contributed by atoms with van der Waals surface area (Å²) in [5.41, 5.74) is 0.188. The molecule has 0 atom stereocenters. The van der Waals surface area contributed by atoms with Crippen molar-refractivity contribution in [3.63, 3.8) is 0 Å². The van der Waals surface area contributed by atoms with Crippen LogP contribution in [0.2, 0.25) is 10.0 Å². The monoisotopic (exact) mass is 219 g/mol. The number of pyridine rings is 1. The minimum Gasteiger partial charge on any atom is -0.376 e. The second kappa shape index (κ2) is 4.56. The number of carbonyl (C=O) groups excluding carboxylic acids is 1. The maximum Gasteiger partial charge on any atom is 0.208 e. The summed E-state index contributed by atoms with van der Waals surface area (Å²) in [7, 11) is 1.43. The molecule has 0 aromatic carbocycles. The highest BCUT2D eigenvalue weighted by atomic mass is 35.5. The van der Waals surface area contributed by atoms with Gasteiger partial charge in [-0.1, -0.05) is 23.2 Å². The number of ether oxygens (including phenoxy) is 1. The van der Waals surface area contributed by atoms with Crippen molar-refractivity contribution < 1.29 is 9.53 Å². The van der Waals surface area contributed by atoms with Gasteiger partial charge in [-0.15, -0.1) is 0 Å². The van der Waals surface area contributed by atoms with Crippen molar-refractivity contribution in [2.75, 3.05) is 13.7 Å². The summed E-state index contributed by atoms with van der Waals surface area (Å²) in [6.45, 7) is -0.0334. The predicted octanol–water partition coefficient (Wildman–Crippen LogP) is 2.22. The topological polar surface area (TPSA) is 39.2 Å². The van der Waals surface area contributed by atoms with Crippen molar-refractivity contribution in [3.05, 3.63) is 28.0 Å². The molecular formula is C8H7Cl2NO2. The average molecular weight is 220 g/mol. The van der Waals surface area contributed by atoms with E-state index < -0.39 is 0 Å². The van der Waals surface area contributed by atoms with Gasteiger partial charge in [-0.3, -0.25) is 4.79 Å². The van der Waals surface area contributed by atoms with Gasteiger partial charge in [0.2, 0.25) is 5.78 Å². The lowest BCUT2D eigenvalue weighted by atomic mass is 10.2. The number of Topliss-reactive ketones (excluding diaryl/α,β-unsaturated/α-hetero) is 1. The van der Waals surface area contributed by atoms with Crippen LogP contribution in [0.5, 0.6) is 0 Å². The van der Waals surface area contributed by atoms with Crippen molar-refractivity contribution in [2.45, 2.75) is 0 Å². The van der Waals surface area contributed by atoms with Gasteiger partial charge >= 0.3 is 0 Å². The molecule has 0 saturated heterocycles. The van der Waals surface area contributed by atoms with Gasteiger partial charge < -0.3 is 4.74 Å². The van der Waals surface area contributed by atoms with Gasteiger partial charge in [0.25, 0.3) is 0 Å². The third-order valence-corrected chi connectivity index (χ3v) is 1.84. The first-order valence-corrected chi connectivity index (χ1v) is 4.24. The standard InChI is InChI=1S/C8H7Cl2NO2/c1-13-4-7(12)8-6(10)2-5(9)3-11-8/h2-3H,4H2,1H3. The van der Waals surface area contributed by atoms with Crippen molar-refractivity contribution in [2.24, 2.45) is 0 Å². The number of halogens is 2. The molecule has 0 bridgehead atoms. The van der Waals surface area contributed by atoms with Gasteiger partial charge in [0.05, 0.1) is 10.0 Å². The van der Waals surface area contributed by atoms with Crippen LogP contribution in [0.1, 0.15) is 10.5 Å². The smallest absolute Gasteiger partial charge is 0.208 e. The molecule has 70 valence electrons. The second-order valence-electron chi connectivity index (χ2n) is 2.34. The summed E-state index contributed by atoms with van der Waals surface area (Å²) in [5, 5.41) is 0.647. The van der Waals surface area contributed by atoms with E-state index in [1.165, 1.54) is 19.4 Å². The molecule has 1 heterocycles. The zero-order valence-electron chi connectivity index (χ0n) is 6.88. The molecule has 1 aromatic heterocycles. The first kappa shape index (κ1) is 10.4. The van der Waals surface area contributed by atoms with E-state index in [4.69, 9.17) is 23.2 Å². The predicted molar refractivity (Wildman–Crippen MR) is 50.5 cm³/mol. The number of hydrogen-bond donors (Lipinski definition) is 0. The second-order valence-corrected chi connectivity index (χ2v) is 3.18. The quantitative estimate of drug-likeness (QED) is 0.733. The molecule has 13 heavy (non-hydrogen) atoms. The van der Waals surface area contributed by atoms with Crippen LogP contribution >= 0.6 is 23.2 Å². The molecule has 0 fully saturated rings. The van der Waals surface area contributed by atoms with Gasteiger partial charge in [0.1, 0.15) is 12.3 Å². The molecule has 0 amide bonds. The number of carbonyl (C=O) groups is 1. The van der Waals surface area contributed by atoms with Gasteiger partial charge in [-0.25, -0.2) is 4.98 Å². The van der Waals surface area contributed by atoms with E-state index in [1.807, 2.05) is 0 Å². The Hall–Kier alpha value is -0.640. The van der Waals surface area contributed by atoms with E-state index in [2.05, 4.69) is 9.72 Å². The molecule has 3 nitrogen and oxygen atoms in total. The highest BCUT2D eigenvalue weighted by molar-refractivity contribution is 6.36. The number of hydrogen-bond acceptors (Lipinski definition) is 3. The third kappa shape index (κ3) is 2.66. The van der Waals surface area contributed by atoms with Crippen LogP contribution in [0.25, 0.3) is 0 Å². The Morgan fingerprint density at radius 3 is 2.85 bits per heavy atom. The summed E-state index contributed by atoms with van der Waals surface area (Å²) in [4.78, 5) is 15.1. The number of methoxy groups -OCH3 is 1. The van der Waals surface area contributed by atoms with Gasteiger partial charge in [0.15, 0.2) is 0 Å². The van der Waals surface area contributed by atoms with Crippen molar-refractivity contribution in [1.82, 2.24) is 4.98 Å². The van der Waals surface area contributed by atoms with Crippen molar-refractivity contribution >= 4 is 29.0 Å². The van der Waals surface area contributed by atoms with Gasteiger partial charge in [-0.2, -0.15) is 0 Å².